The zero-order valence-electron chi connectivity index (χ0n) is 11.6. The van der Waals surface area contributed by atoms with Gasteiger partial charge in [0.1, 0.15) is 11.6 Å². The predicted octanol–water partition coefficient (Wildman–Crippen LogP) is 2.39. The maximum absolute atomic E-state index is 13.0. The summed E-state index contributed by atoms with van der Waals surface area (Å²) >= 11 is 0. The molecule has 6 heteroatoms. The third-order valence-corrected chi connectivity index (χ3v) is 3.77. The summed E-state index contributed by atoms with van der Waals surface area (Å²) in [4.78, 5) is 24.8. The molecule has 0 radical (unpaired) electrons. The number of piperidine rings is 1. The minimum absolute atomic E-state index is 0.00382. The van der Waals surface area contributed by atoms with E-state index in [1.807, 2.05) is 0 Å². The monoisotopic (exact) mass is 295 g/mol. The molecular formula is C15H18FNO4. The SMILES string of the molecule is O=C(O)CCC1CCCCN1C(=O)c1ccc(F)cc1O. The number of rotatable bonds is 4. The Hall–Kier alpha value is -2.11. The summed E-state index contributed by atoms with van der Waals surface area (Å²) in [5.74, 6) is -2.26. The van der Waals surface area contributed by atoms with Crippen molar-refractivity contribution >= 4 is 11.9 Å². The number of carboxylic acid groups (broad SMARTS) is 1. The van der Waals surface area contributed by atoms with Gasteiger partial charge in [-0.05, 0) is 37.8 Å². The number of likely N-dealkylation sites (tertiary alicyclic amines) is 1. The van der Waals surface area contributed by atoms with Crippen LogP contribution in [0.25, 0.3) is 0 Å². The van der Waals surface area contributed by atoms with Gasteiger partial charge in [0.25, 0.3) is 5.91 Å². The summed E-state index contributed by atoms with van der Waals surface area (Å²) < 4.78 is 13.0. The van der Waals surface area contributed by atoms with Crippen LogP contribution in [0.3, 0.4) is 0 Å². The fraction of sp³-hybridized carbons (Fsp3) is 0.467. The molecular weight excluding hydrogens is 277 g/mol. The summed E-state index contributed by atoms with van der Waals surface area (Å²) in [5.41, 5.74) is 0.0543. The fourth-order valence-corrected chi connectivity index (χ4v) is 2.70. The number of carbonyl (C=O) groups is 2. The Morgan fingerprint density at radius 1 is 1.33 bits per heavy atom. The standard InChI is InChI=1S/C15H18FNO4/c16-10-4-6-12(13(18)9-10)15(21)17-8-2-1-3-11(17)5-7-14(19)20/h4,6,9,11,18H,1-3,5,7-8H2,(H,19,20). The lowest BCUT2D eigenvalue weighted by Gasteiger charge is -2.35. The molecule has 114 valence electrons. The van der Waals surface area contributed by atoms with Gasteiger partial charge in [-0.2, -0.15) is 0 Å². The van der Waals surface area contributed by atoms with Crippen LogP contribution in [0.5, 0.6) is 5.75 Å². The average molecular weight is 295 g/mol. The second-order valence-corrected chi connectivity index (χ2v) is 5.24. The van der Waals surface area contributed by atoms with E-state index in [9.17, 15) is 19.1 Å². The van der Waals surface area contributed by atoms with Crippen molar-refractivity contribution in [3.8, 4) is 5.75 Å². The molecule has 5 nitrogen and oxygen atoms in total. The van der Waals surface area contributed by atoms with Crippen molar-refractivity contribution in [3.05, 3.63) is 29.6 Å². The number of carbonyl (C=O) groups excluding carboxylic acids is 1. The molecule has 1 fully saturated rings. The van der Waals surface area contributed by atoms with E-state index in [1.165, 1.54) is 6.07 Å². The van der Waals surface area contributed by atoms with Gasteiger partial charge in [0.05, 0.1) is 5.56 Å². The van der Waals surface area contributed by atoms with Crippen molar-refractivity contribution in [1.82, 2.24) is 4.90 Å². The Balaban J connectivity index is 2.16. The van der Waals surface area contributed by atoms with Crippen LogP contribution < -0.4 is 0 Å². The quantitative estimate of drug-likeness (QED) is 0.894. The lowest BCUT2D eigenvalue weighted by Crippen LogP contribution is -2.44. The maximum Gasteiger partial charge on any atom is 0.303 e. The number of amides is 1. The molecule has 0 aromatic heterocycles. The second kappa shape index (κ2) is 6.56. The fourth-order valence-electron chi connectivity index (χ4n) is 2.70. The molecule has 1 aromatic carbocycles. The third kappa shape index (κ3) is 3.71. The molecule has 1 aromatic rings. The highest BCUT2D eigenvalue weighted by molar-refractivity contribution is 5.97. The Morgan fingerprint density at radius 3 is 2.76 bits per heavy atom. The number of benzene rings is 1. The van der Waals surface area contributed by atoms with Gasteiger partial charge in [0.15, 0.2) is 0 Å². The zero-order valence-corrected chi connectivity index (χ0v) is 11.6. The van der Waals surface area contributed by atoms with Crippen LogP contribution in [0.15, 0.2) is 18.2 Å². The van der Waals surface area contributed by atoms with E-state index in [-0.39, 0.29) is 29.7 Å². The van der Waals surface area contributed by atoms with Crippen LogP contribution >= 0.6 is 0 Å². The number of aromatic hydroxyl groups is 1. The summed E-state index contributed by atoms with van der Waals surface area (Å²) in [6, 6.07) is 3.15. The van der Waals surface area contributed by atoms with Crippen LogP contribution in [0, 0.1) is 5.82 Å². The summed E-state index contributed by atoms with van der Waals surface area (Å²) in [6.07, 6.45) is 2.94. The predicted molar refractivity (Wildman–Crippen MR) is 73.6 cm³/mol. The van der Waals surface area contributed by atoms with Gasteiger partial charge in [-0.3, -0.25) is 9.59 Å². The molecule has 1 saturated heterocycles. The minimum atomic E-state index is -0.891. The highest BCUT2D eigenvalue weighted by atomic mass is 19.1. The molecule has 21 heavy (non-hydrogen) atoms. The lowest BCUT2D eigenvalue weighted by molar-refractivity contribution is -0.137. The Bertz CT molecular complexity index is 546. The van der Waals surface area contributed by atoms with Crippen molar-refractivity contribution in [2.24, 2.45) is 0 Å². The number of halogens is 1. The van der Waals surface area contributed by atoms with Gasteiger partial charge in [0.2, 0.25) is 0 Å². The van der Waals surface area contributed by atoms with E-state index in [0.717, 1.165) is 31.4 Å². The molecule has 0 saturated carbocycles. The first-order chi connectivity index (χ1) is 9.99. The molecule has 1 amide bonds. The number of phenolic OH excluding ortho intramolecular Hbond substituents is 1. The van der Waals surface area contributed by atoms with Crippen molar-refractivity contribution in [3.63, 3.8) is 0 Å². The summed E-state index contributed by atoms with van der Waals surface area (Å²) in [5, 5.41) is 18.5. The van der Waals surface area contributed by atoms with E-state index in [2.05, 4.69) is 0 Å². The summed E-state index contributed by atoms with van der Waals surface area (Å²) in [6.45, 7) is 0.528. The molecule has 1 atom stereocenters. The summed E-state index contributed by atoms with van der Waals surface area (Å²) in [7, 11) is 0. The number of nitrogens with zero attached hydrogens (tertiary/aromatic N) is 1. The number of carboxylic acids is 1. The molecule has 0 spiro atoms. The van der Waals surface area contributed by atoms with Crippen molar-refractivity contribution < 1.29 is 24.2 Å². The van der Waals surface area contributed by atoms with Crippen molar-refractivity contribution in [1.29, 1.82) is 0 Å². The Labute approximate surface area is 122 Å². The van der Waals surface area contributed by atoms with Crippen molar-refractivity contribution in [2.45, 2.75) is 38.1 Å². The van der Waals surface area contributed by atoms with Gasteiger partial charge in [-0.25, -0.2) is 4.39 Å². The molecule has 1 unspecified atom stereocenters. The first-order valence-corrected chi connectivity index (χ1v) is 7.00. The molecule has 2 N–H and O–H groups in total. The van der Waals surface area contributed by atoms with Gasteiger partial charge < -0.3 is 15.1 Å². The van der Waals surface area contributed by atoms with E-state index < -0.39 is 11.8 Å². The first-order valence-electron chi connectivity index (χ1n) is 7.00. The number of hydrogen-bond acceptors (Lipinski definition) is 3. The van der Waals surface area contributed by atoms with Gasteiger partial charge >= 0.3 is 5.97 Å². The molecule has 1 heterocycles. The first kappa shape index (κ1) is 15.3. The third-order valence-electron chi connectivity index (χ3n) is 3.77. The molecule has 1 aliphatic rings. The van der Waals surface area contributed by atoms with E-state index in [1.54, 1.807) is 4.90 Å². The van der Waals surface area contributed by atoms with Gasteiger partial charge in [-0.1, -0.05) is 0 Å². The highest BCUT2D eigenvalue weighted by Crippen LogP contribution is 2.26. The van der Waals surface area contributed by atoms with Crippen molar-refractivity contribution in [2.75, 3.05) is 6.54 Å². The molecule has 0 bridgehead atoms. The van der Waals surface area contributed by atoms with Crippen LogP contribution in [0.1, 0.15) is 42.5 Å². The number of aliphatic carboxylic acids is 1. The largest absolute Gasteiger partial charge is 0.507 e. The van der Waals surface area contributed by atoms with E-state index in [4.69, 9.17) is 5.11 Å². The highest BCUT2D eigenvalue weighted by Gasteiger charge is 2.29. The normalized spacial score (nSPS) is 18.5. The number of phenols is 1. The number of hydrogen-bond donors (Lipinski definition) is 2. The van der Waals surface area contributed by atoms with E-state index >= 15 is 0 Å². The topological polar surface area (TPSA) is 77.8 Å². The van der Waals surface area contributed by atoms with Gasteiger partial charge in [0, 0.05) is 25.1 Å². The molecule has 1 aliphatic heterocycles. The minimum Gasteiger partial charge on any atom is -0.507 e. The lowest BCUT2D eigenvalue weighted by atomic mass is 9.96. The maximum atomic E-state index is 13.0. The van der Waals surface area contributed by atoms with Crippen LogP contribution in [0.2, 0.25) is 0 Å². The Morgan fingerprint density at radius 2 is 2.10 bits per heavy atom. The van der Waals surface area contributed by atoms with Crippen LogP contribution in [-0.2, 0) is 4.79 Å². The van der Waals surface area contributed by atoms with Crippen LogP contribution in [0.4, 0.5) is 4.39 Å². The van der Waals surface area contributed by atoms with Gasteiger partial charge in [-0.15, -0.1) is 0 Å². The zero-order chi connectivity index (χ0) is 15.4. The molecule has 2 rings (SSSR count). The molecule has 0 aliphatic carbocycles. The Kier molecular flexibility index (Phi) is 4.77. The smallest absolute Gasteiger partial charge is 0.303 e. The second-order valence-electron chi connectivity index (χ2n) is 5.24. The average Bonchev–Trinajstić information content (AvgIpc) is 2.45. The van der Waals surface area contributed by atoms with E-state index in [0.29, 0.717) is 13.0 Å². The van der Waals surface area contributed by atoms with Crippen LogP contribution in [-0.4, -0.2) is 39.6 Å².